The molecule has 0 aromatic heterocycles. The van der Waals surface area contributed by atoms with E-state index in [-0.39, 0.29) is 35.1 Å². The third kappa shape index (κ3) is 3.86. The lowest BCUT2D eigenvalue weighted by molar-refractivity contribution is -0.117. The third-order valence-electron chi connectivity index (χ3n) is 5.25. The third-order valence-corrected chi connectivity index (χ3v) is 8.46. The predicted molar refractivity (Wildman–Crippen MR) is 115 cm³/mol. The van der Waals surface area contributed by atoms with Crippen LogP contribution in [0.25, 0.3) is 0 Å². The van der Waals surface area contributed by atoms with Crippen molar-refractivity contribution < 1.29 is 13.2 Å². The van der Waals surface area contributed by atoms with Gasteiger partial charge in [0.1, 0.15) is 0 Å². The van der Waals surface area contributed by atoms with Crippen LogP contribution in [0.5, 0.6) is 0 Å². The Balaban J connectivity index is 1.67. The molecule has 5 nitrogen and oxygen atoms in total. The number of benzene rings is 2. The minimum atomic E-state index is -3.07. The zero-order valence-corrected chi connectivity index (χ0v) is 17.5. The number of thioether (sulfide) groups is 1. The van der Waals surface area contributed by atoms with Crippen molar-refractivity contribution in [1.29, 1.82) is 0 Å². The molecule has 0 radical (unpaired) electrons. The number of carbonyl (C=O) groups is 1. The van der Waals surface area contributed by atoms with Crippen LogP contribution in [-0.4, -0.2) is 42.3 Å². The molecular weight excluding hydrogens is 392 g/mol. The molecule has 2 aromatic rings. The summed E-state index contributed by atoms with van der Waals surface area (Å²) in [6.07, 6.45) is 0.235. The molecule has 2 aliphatic heterocycles. The van der Waals surface area contributed by atoms with Gasteiger partial charge in [-0.2, -0.15) is 4.99 Å². The monoisotopic (exact) mass is 414 g/mol. The first kappa shape index (κ1) is 19.2. The van der Waals surface area contributed by atoms with E-state index in [4.69, 9.17) is 0 Å². The van der Waals surface area contributed by atoms with Gasteiger partial charge in [-0.3, -0.25) is 4.79 Å². The van der Waals surface area contributed by atoms with Crippen molar-refractivity contribution in [1.82, 2.24) is 0 Å². The summed E-state index contributed by atoms with van der Waals surface area (Å²) in [6.45, 7) is 4.07. The van der Waals surface area contributed by atoms with Crippen molar-refractivity contribution in [2.75, 3.05) is 16.4 Å². The van der Waals surface area contributed by atoms with Gasteiger partial charge in [0, 0.05) is 10.9 Å². The second-order valence-corrected chi connectivity index (χ2v) is 10.7. The first-order valence-electron chi connectivity index (χ1n) is 9.21. The number of fused-ring (bicyclic) bond motifs is 1. The number of hydrogen-bond donors (Lipinski definition) is 0. The van der Waals surface area contributed by atoms with Gasteiger partial charge in [-0.1, -0.05) is 48.2 Å². The maximum Gasteiger partial charge on any atom is 0.252 e. The molecule has 2 heterocycles. The van der Waals surface area contributed by atoms with Crippen LogP contribution in [0.15, 0.2) is 53.5 Å². The summed E-state index contributed by atoms with van der Waals surface area (Å²) in [4.78, 5) is 18.9. The van der Waals surface area contributed by atoms with Gasteiger partial charge in [-0.25, -0.2) is 8.42 Å². The normalized spacial score (nSPS) is 24.5. The Morgan fingerprint density at radius 1 is 1.11 bits per heavy atom. The molecule has 2 saturated heterocycles. The second-order valence-electron chi connectivity index (χ2n) is 7.39. The van der Waals surface area contributed by atoms with Gasteiger partial charge in [-0.15, -0.1) is 0 Å². The Morgan fingerprint density at radius 3 is 2.57 bits per heavy atom. The summed E-state index contributed by atoms with van der Waals surface area (Å²) in [5.41, 5.74) is 4.11. The Kier molecular flexibility index (Phi) is 5.05. The molecule has 4 rings (SSSR count). The molecule has 2 fully saturated rings. The molecule has 0 unspecified atom stereocenters. The van der Waals surface area contributed by atoms with E-state index in [1.54, 1.807) is 0 Å². The first-order chi connectivity index (χ1) is 13.3. The topological polar surface area (TPSA) is 66.8 Å². The van der Waals surface area contributed by atoms with Crippen LogP contribution >= 0.6 is 11.8 Å². The Bertz CT molecular complexity index is 1050. The summed E-state index contributed by atoms with van der Waals surface area (Å²) in [6, 6.07) is 15.4. The molecule has 0 saturated carbocycles. The zero-order valence-electron chi connectivity index (χ0n) is 15.8. The van der Waals surface area contributed by atoms with Crippen LogP contribution in [0.3, 0.4) is 0 Å². The average Bonchev–Trinajstić information content (AvgIpc) is 3.09. The van der Waals surface area contributed by atoms with Gasteiger partial charge < -0.3 is 4.90 Å². The number of rotatable bonds is 3. The fourth-order valence-electron chi connectivity index (χ4n) is 3.66. The average molecular weight is 415 g/mol. The van der Waals surface area contributed by atoms with E-state index in [0.29, 0.717) is 5.17 Å². The molecule has 0 spiro atoms. The number of amides is 1. The molecule has 7 heteroatoms. The molecule has 146 valence electrons. The van der Waals surface area contributed by atoms with Crippen LogP contribution in [0.4, 0.5) is 5.69 Å². The fraction of sp³-hybridized carbons (Fsp3) is 0.333. The highest BCUT2D eigenvalue weighted by molar-refractivity contribution is 8.16. The lowest BCUT2D eigenvalue weighted by atomic mass is 10.1. The molecule has 0 bridgehead atoms. The van der Waals surface area contributed by atoms with Crippen LogP contribution < -0.4 is 4.90 Å². The van der Waals surface area contributed by atoms with Crippen LogP contribution in [0, 0.1) is 13.8 Å². The van der Waals surface area contributed by atoms with Gasteiger partial charge in [0.25, 0.3) is 5.91 Å². The number of anilines is 1. The number of hydrogen-bond acceptors (Lipinski definition) is 4. The smallest absolute Gasteiger partial charge is 0.252 e. The summed E-state index contributed by atoms with van der Waals surface area (Å²) >= 11 is 1.41. The number of carbonyl (C=O) groups excluding carboxylic acids is 1. The van der Waals surface area contributed by atoms with Gasteiger partial charge >= 0.3 is 0 Å². The van der Waals surface area contributed by atoms with E-state index < -0.39 is 9.84 Å². The van der Waals surface area contributed by atoms with Gasteiger partial charge in [0.2, 0.25) is 0 Å². The maximum atomic E-state index is 12.6. The first-order valence-corrected chi connectivity index (χ1v) is 11.9. The van der Waals surface area contributed by atoms with E-state index in [9.17, 15) is 13.2 Å². The van der Waals surface area contributed by atoms with Crippen LogP contribution in [0.2, 0.25) is 0 Å². The van der Waals surface area contributed by atoms with Crippen molar-refractivity contribution in [3.05, 3.63) is 65.2 Å². The highest BCUT2D eigenvalue weighted by Crippen LogP contribution is 2.41. The maximum absolute atomic E-state index is 12.6. The highest BCUT2D eigenvalue weighted by Gasteiger charge is 2.49. The predicted octanol–water partition coefficient (Wildman–Crippen LogP) is 3.15. The molecule has 1 amide bonds. The van der Waals surface area contributed by atoms with Crippen molar-refractivity contribution in [3.8, 4) is 0 Å². The highest BCUT2D eigenvalue weighted by atomic mass is 32.2. The SMILES string of the molecule is Cc1ccc(N2C(=NC(=O)Cc3ccccc3)S[C@H]3CS(=O)(=O)C[C@@H]32)cc1C. The Morgan fingerprint density at radius 2 is 1.86 bits per heavy atom. The zero-order chi connectivity index (χ0) is 19.9. The van der Waals surface area contributed by atoms with E-state index in [0.717, 1.165) is 16.8 Å². The summed E-state index contributed by atoms with van der Waals surface area (Å²) < 4.78 is 24.3. The number of amidine groups is 1. The number of nitrogens with zero attached hydrogens (tertiary/aromatic N) is 2. The van der Waals surface area contributed by atoms with Crippen LogP contribution in [0.1, 0.15) is 16.7 Å². The molecule has 2 aromatic carbocycles. The standard InChI is InChI=1S/C21H22N2O3S2/c1-14-8-9-17(10-15(14)2)23-18-12-28(25,26)13-19(18)27-21(23)22-20(24)11-16-6-4-3-5-7-16/h3-10,18-19H,11-13H2,1-2H3/t18-,19-/m0/s1. The summed E-state index contributed by atoms with van der Waals surface area (Å²) in [5, 5.41) is 0.518. The van der Waals surface area contributed by atoms with E-state index in [1.165, 1.54) is 17.3 Å². The fourth-order valence-corrected chi connectivity index (χ4v) is 7.59. The largest absolute Gasteiger partial charge is 0.316 e. The second kappa shape index (κ2) is 7.37. The minimum Gasteiger partial charge on any atom is -0.316 e. The quantitative estimate of drug-likeness (QED) is 0.772. The molecule has 0 N–H and O–H groups in total. The Labute approximate surface area is 169 Å². The molecular formula is C21H22N2O3S2. The number of sulfone groups is 1. The molecule has 2 aliphatic rings. The van der Waals surface area contributed by atoms with E-state index >= 15 is 0 Å². The summed E-state index contributed by atoms with van der Waals surface area (Å²) in [7, 11) is -3.07. The van der Waals surface area contributed by atoms with Gasteiger partial charge in [-0.05, 0) is 42.7 Å². The minimum absolute atomic E-state index is 0.0881. The number of aliphatic imine (C=N–C) groups is 1. The van der Waals surface area contributed by atoms with Crippen LogP contribution in [-0.2, 0) is 21.1 Å². The van der Waals surface area contributed by atoms with Gasteiger partial charge in [0.15, 0.2) is 15.0 Å². The van der Waals surface area contributed by atoms with E-state index in [2.05, 4.69) is 4.99 Å². The molecule has 28 heavy (non-hydrogen) atoms. The Hall–Kier alpha value is -2.12. The lowest BCUT2D eigenvalue weighted by Gasteiger charge is -2.25. The molecule has 0 aliphatic carbocycles. The molecule has 2 atom stereocenters. The van der Waals surface area contributed by atoms with E-state index in [1.807, 2.05) is 67.3 Å². The lowest BCUT2D eigenvalue weighted by Crippen LogP contribution is -2.37. The number of aryl methyl sites for hydroxylation is 2. The van der Waals surface area contributed by atoms with Crippen molar-refractivity contribution in [2.45, 2.75) is 31.6 Å². The van der Waals surface area contributed by atoms with Gasteiger partial charge in [0.05, 0.1) is 24.0 Å². The summed E-state index contributed by atoms with van der Waals surface area (Å²) in [5.74, 6) is 0.0179. The van der Waals surface area contributed by atoms with Crippen molar-refractivity contribution in [3.63, 3.8) is 0 Å². The van der Waals surface area contributed by atoms with Crippen molar-refractivity contribution in [2.24, 2.45) is 4.99 Å². The van der Waals surface area contributed by atoms with Crippen molar-refractivity contribution >= 4 is 38.4 Å².